The van der Waals surface area contributed by atoms with Crippen molar-refractivity contribution in [2.24, 2.45) is 0 Å². The molecule has 0 amide bonds. The molecule has 1 heterocycles. The van der Waals surface area contributed by atoms with Crippen LogP contribution in [0.5, 0.6) is 11.5 Å². The Hall–Kier alpha value is -2.09. The third kappa shape index (κ3) is 4.16. The van der Waals surface area contributed by atoms with Gasteiger partial charge in [0.1, 0.15) is 0 Å². The molecule has 1 unspecified atom stereocenters. The quantitative estimate of drug-likeness (QED) is 0.709. The number of benzene rings is 2. The molecule has 7 heteroatoms. The maximum absolute atomic E-state index is 13.1. The van der Waals surface area contributed by atoms with E-state index >= 15 is 0 Å². The molecule has 0 bridgehead atoms. The normalized spacial score (nSPS) is 17.2. The number of piperazine rings is 1. The zero-order valence-electron chi connectivity index (χ0n) is 16.7. The molecule has 28 heavy (non-hydrogen) atoms. The van der Waals surface area contributed by atoms with Gasteiger partial charge in [-0.2, -0.15) is 4.31 Å². The van der Waals surface area contributed by atoms with Crippen LogP contribution in [0.3, 0.4) is 0 Å². The fraction of sp³-hybridized carbons (Fsp3) is 0.429. The van der Waals surface area contributed by atoms with Gasteiger partial charge >= 0.3 is 0 Å². The van der Waals surface area contributed by atoms with Crippen LogP contribution >= 0.6 is 0 Å². The fourth-order valence-electron chi connectivity index (χ4n) is 3.76. The molecule has 1 saturated heterocycles. The highest BCUT2D eigenvalue weighted by molar-refractivity contribution is 7.89. The maximum Gasteiger partial charge on any atom is 0.243 e. The van der Waals surface area contributed by atoms with Crippen LogP contribution in [0, 0.1) is 0 Å². The first kappa shape index (κ1) is 20.6. The van der Waals surface area contributed by atoms with Crippen LogP contribution in [0.1, 0.15) is 24.9 Å². The second-order valence-electron chi connectivity index (χ2n) is 6.79. The fourth-order valence-corrected chi connectivity index (χ4v) is 5.20. The van der Waals surface area contributed by atoms with E-state index in [9.17, 15) is 8.42 Å². The molecule has 2 aromatic rings. The number of rotatable bonds is 7. The second-order valence-corrected chi connectivity index (χ2v) is 8.73. The highest BCUT2D eigenvalue weighted by Crippen LogP contribution is 2.32. The first-order valence-electron chi connectivity index (χ1n) is 9.52. The SMILES string of the molecule is CCC(c1ccccc1)N1CCN(S(=O)(=O)c2ccc(OC)c(OC)c2)CC1. The Morgan fingerprint density at radius 1 is 0.929 bits per heavy atom. The molecule has 3 rings (SSSR count). The lowest BCUT2D eigenvalue weighted by molar-refractivity contribution is 0.133. The van der Waals surface area contributed by atoms with Crippen molar-refractivity contribution in [2.45, 2.75) is 24.3 Å². The highest BCUT2D eigenvalue weighted by atomic mass is 32.2. The van der Waals surface area contributed by atoms with E-state index in [2.05, 4.69) is 36.1 Å². The lowest BCUT2D eigenvalue weighted by atomic mass is 10.0. The first-order valence-corrected chi connectivity index (χ1v) is 11.0. The van der Waals surface area contributed by atoms with Gasteiger partial charge in [-0.1, -0.05) is 37.3 Å². The molecule has 152 valence electrons. The van der Waals surface area contributed by atoms with Gasteiger partial charge in [0.25, 0.3) is 0 Å². The number of methoxy groups -OCH3 is 2. The van der Waals surface area contributed by atoms with Gasteiger partial charge in [0.2, 0.25) is 10.0 Å². The van der Waals surface area contributed by atoms with Crippen LogP contribution in [0.2, 0.25) is 0 Å². The number of ether oxygens (including phenoxy) is 2. The molecule has 1 atom stereocenters. The van der Waals surface area contributed by atoms with Crippen molar-refractivity contribution in [3.05, 3.63) is 54.1 Å². The molecule has 0 spiro atoms. The summed E-state index contributed by atoms with van der Waals surface area (Å²) in [6.07, 6.45) is 0.993. The van der Waals surface area contributed by atoms with Gasteiger partial charge in [0.15, 0.2) is 11.5 Å². The lowest BCUT2D eigenvalue weighted by Gasteiger charge is -2.38. The zero-order chi connectivity index (χ0) is 20.1. The second kappa shape index (κ2) is 8.94. The summed E-state index contributed by atoms with van der Waals surface area (Å²) in [5, 5.41) is 0. The Morgan fingerprint density at radius 2 is 1.57 bits per heavy atom. The van der Waals surface area contributed by atoms with Crippen molar-refractivity contribution in [2.75, 3.05) is 40.4 Å². The summed E-state index contributed by atoms with van der Waals surface area (Å²) in [6, 6.07) is 15.4. The molecule has 2 aromatic carbocycles. The van der Waals surface area contributed by atoms with Crippen molar-refractivity contribution < 1.29 is 17.9 Å². The van der Waals surface area contributed by atoms with E-state index in [1.807, 2.05) is 6.07 Å². The van der Waals surface area contributed by atoms with E-state index in [-0.39, 0.29) is 4.90 Å². The Balaban J connectivity index is 1.73. The lowest BCUT2D eigenvalue weighted by Crippen LogP contribution is -2.49. The van der Waals surface area contributed by atoms with Crippen LogP contribution in [0.25, 0.3) is 0 Å². The molecule has 0 saturated carbocycles. The third-order valence-electron chi connectivity index (χ3n) is 5.28. The van der Waals surface area contributed by atoms with E-state index in [1.165, 1.54) is 25.8 Å². The van der Waals surface area contributed by atoms with Crippen LogP contribution in [-0.4, -0.2) is 58.0 Å². The van der Waals surface area contributed by atoms with Crippen molar-refractivity contribution in [1.82, 2.24) is 9.21 Å². The van der Waals surface area contributed by atoms with E-state index in [1.54, 1.807) is 16.4 Å². The van der Waals surface area contributed by atoms with Crippen molar-refractivity contribution in [3.63, 3.8) is 0 Å². The summed E-state index contributed by atoms with van der Waals surface area (Å²) in [5.41, 5.74) is 1.28. The minimum Gasteiger partial charge on any atom is -0.493 e. The molecule has 0 aromatic heterocycles. The predicted octanol–water partition coefficient (Wildman–Crippen LogP) is 3.16. The predicted molar refractivity (Wildman–Crippen MR) is 109 cm³/mol. The summed E-state index contributed by atoms with van der Waals surface area (Å²) in [4.78, 5) is 2.60. The summed E-state index contributed by atoms with van der Waals surface area (Å²) < 4.78 is 38.2. The molecular weight excluding hydrogens is 376 g/mol. The van der Waals surface area contributed by atoms with Gasteiger partial charge in [-0.15, -0.1) is 0 Å². The Bertz CT molecular complexity index is 879. The summed E-state index contributed by atoms with van der Waals surface area (Å²) in [5.74, 6) is 0.928. The topological polar surface area (TPSA) is 59.1 Å². The summed E-state index contributed by atoms with van der Waals surface area (Å²) in [7, 11) is -0.538. The van der Waals surface area contributed by atoms with Gasteiger partial charge in [-0.05, 0) is 24.1 Å². The molecule has 1 aliphatic rings. The largest absolute Gasteiger partial charge is 0.493 e. The van der Waals surface area contributed by atoms with Gasteiger partial charge in [-0.25, -0.2) is 8.42 Å². The van der Waals surface area contributed by atoms with Crippen LogP contribution in [-0.2, 0) is 10.0 Å². The smallest absolute Gasteiger partial charge is 0.243 e. The van der Waals surface area contributed by atoms with Crippen LogP contribution in [0.4, 0.5) is 0 Å². The maximum atomic E-state index is 13.1. The molecule has 0 N–H and O–H groups in total. The van der Waals surface area contributed by atoms with E-state index in [4.69, 9.17) is 9.47 Å². The molecule has 1 aliphatic heterocycles. The number of nitrogens with zero attached hydrogens (tertiary/aromatic N) is 2. The molecule has 1 fully saturated rings. The van der Waals surface area contributed by atoms with Gasteiger partial charge in [0.05, 0.1) is 19.1 Å². The van der Waals surface area contributed by atoms with Gasteiger partial charge < -0.3 is 9.47 Å². The zero-order valence-corrected chi connectivity index (χ0v) is 17.5. The molecule has 0 radical (unpaired) electrons. The van der Waals surface area contributed by atoms with E-state index < -0.39 is 10.0 Å². The molecule has 6 nitrogen and oxygen atoms in total. The molecule has 0 aliphatic carbocycles. The Labute approximate surface area is 167 Å². The van der Waals surface area contributed by atoms with Crippen LogP contribution in [0.15, 0.2) is 53.4 Å². The monoisotopic (exact) mass is 404 g/mol. The van der Waals surface area contributed by atoms with E-state index in [0.717, 1.165) is 6.42 Å². The van der Waals surface area contributed by atoms with Gasteiger partial charge in [0, 0.05) is 38.3 Å². The van der Waals surface area contributed by atoms with Crippen molar-refractivity contribution in [3.8, 4) is 11.5 Å². The summed E-state index contributed by atoms with van der Waals surface area (Å²) in [6.45, 7) is 4.53. The average Bonchev–Trinajstić information content (AvgIpc) is 2.75. The minimum absolute atomic E-state index is 0.230. The van der Waals surface area contributed by atoms with Gasteiger partial charge in [-0.3, -0.25) is 4.90 Å². The standard InChI is InChI=1S/C21H28N2O4S/c1-4-19(17-8-6-5-7-9-17)22-12-14-23(15-13-22)28(24,25)18-10-11-20(26-2)21(16-18)27-3/h5-11,16,19H,4,12-15H2,1-3H3. The summed E-state index contributed by atoms with van der Waals surface area (Å²) >= 11 is 0. The molecular formula is C21H28N2O4S. The number of hydrogen-bond acceptors (Lipinski definition) is 5. The number of hydrogen-bond donors (Lipinski definition) is 0. The van der Waals surface area contributed by atoms with Crippen LogP contribution < -0.4 is 9.47 Å². The Kier molecular flexibility index (Phi) is 6.59. The van der Waals surface area contributed by atoms with Crippen molar-refractivity contribution in [1.29, 1.82) is 0 Å². The first-order chi connectivity index (χ1) is 13.5. The third-order valence-corrected chi connectivity index (χ3v) is 7.17. The number of sulfonamides is 1. The Morgan fingerprint density at radius 3 is 2.14 bits per heavy atom. The highest BCUT2D eigenvalue weighted by Gasteiger charge is 2.31. The van der Waals surface area contributed by atoms with Crippen molar-refractivity contribution >= 4 is 10.0 Å². The minimum atomic E-state index is -3.57. The average molecular weight is 405 g/mol. The van der Waals surface area contributed by atoms with E-state index in [0.29, 0.717) is 43.7 Å².